The predicted octanol–water partition coefficient (Wildman–Crippen LogP) is 1.15. The van der Waals surface area contributed by atoms with Gasteiger partial charge in [0.25, 0.3) is 0 Å². The Bertz CT molecular complexity index is 405. The van der Waals surface area contributed by atoms with Crippen LogP contribution in [0.4, 0.5) is 0 Å². The Labute approximate surface area is 89.7 Å². The zero-order chi connectivity index (χ0) is 11.3. The van der Waals surface area contributed by atoms with E-state index in [9.17, 15) is 0 Å². The molecule has 0 saturated heterocycles. The SMILES string of the molecule is CC(C#N)CNCc1cc(C#N)n(C)c1. The third-order valence-corrected chi connectivity index (χ3v) is 2.18. The molecule has 15 heavy (non-hydrogen) atoms. The number of aryl methyl sites for hydroxylation is 1. The molecule has 4 nitrogen and oxygen atoms in total. The van der Waals surface area contributed by atoms with Crippen LogP contribution in [0.25, 0.3) is 0 Å². The van der Waals surface area contributed by atoms with Crippen LogP contribution in [-0.4, -0.2) is 11.1 Å². The van der Waals surface area contributed by atoms with Gasteiger partial charge in [-0.05, 0) is 18.6 Å². The molecule has 0 fully saturated rings. The van der Waals surface area contributed by atoms with Crippen molar-refractivity contribution in [2.75, 3.05) is 6.54 Å². The number of hydrogen-bond donors (Lipinski definition) is 1. The maximum absolute atomic E-state index is 8.75. The van der Waals surface area contributed by atoms with Crippen molar-refractivity contribution in [1.29, 1.82) is 10.5 Å². The van der Waals surface area contributed by atoms with Gasteiger partial charge in [0.1, 0.15) is 11.8 Å². The molecule has 0 aliphatic rings. The second kappa shape index (κ2) is 5.19. The Hall–Kier alpha value is -1.78. The number of hydrogen-bond acceptors (Lipinski definition) is 3. The quantitative estimate of drug-likeness (QED) is 0.796. The molecule has 0 aliphatic heterocycles. The summed E-state index contributed by atoms with van der Waals surface area (Å²) in [6.45, 7) is 3.24. The van der Waals surface area contributed by atoms with Crippen molar-refractivity contribution in [2.24, 2.45) is 13.0 Å². The number of nitriles is 2. The highest BCUT2D eigenvalue weighted by molar-refractivity contribution is 5.28. The number of aromatic nitrogens is 1. The highest BCUT2D eigenvalue weighted by Crippen LogP contribution is 2.05. The van der Waals surface area contributed by atoms with Crippen LogP contribution in [0.3, 0.4) is 0 Å². The van der Waals surface area contributed by atoms with E-state index in [-0.39, 0.29) is 5.92 Å². The van der Waals surface area contributed by atoms with Crippen LogP contribution < -0.4 is 5.32 Å². The molecule has 1 atom stereocenters. The Morgan fingerprint density at radius 3 is 2.80 bits per heavy atom. The summed E-state index contributed by atoms with van der Waals surface area (Å²) in [5.74, 6) is 0.0177. The van der Waals surface area contributed by atoms with Gasteiger partial charge in [0, 0.05) is 26.3 Å². The van der Waals surface area contributed by atoms with Gasteiger partial charge in [0.05, 0.1) is 12.0 Å². The van der Waals surface area contributed by atoms with E-state index in [1.807, 2.05) is 26.2 Å². The summed E-state index contributed by atoms with van der Waals surface area (Å²) in [6.07, 6.45) is 1.92. The Morgan fingerprint density at radius 2 is 2.27 bits per heavy atom. The van der Waals surface area contributed by atoms with Crippen molar-refractivity contribution < 1.29 is 0 Å². The molecule has 4 heteroatoms. The normalized spacial score (nSPS) is 11.7. The van der Waals surface area contributed by atoms with Crippen molar-refractivity contribution in [3.8, 4) is 12.1 Å². The Morgan fingerprint density at radius 1 is 1.53 bits per heavy atom. The minimum Gasteiger partial charge on any atom is -0.342 e. The maximum atomic E-state index is 8.75. The van der Waals surface area contributed by atoms with E-state index in [0.717, 1.165) is 5.56 Å². The van der Waals surface area contributed by atoms with Gasteiger partial charge in [-0.15, -0.1) is 0 Å². The maximum Gasteiger partial charge on any atom is 0.120 e. The fourth-order valence-electron chi connectivity index (χ4n) is 1.32. The van der Waals surface area contributed by atoms with Crippen molar-refractivity contribution in [3.63, 3.8) is 0 Å². The van der Waals surface area contributed by atoms with E-state index in [1.54, 1.807) is 4.57 Å². The van der Waals surface area contributed by atoms with E-state index in [0.29, 0.717) is 18.8 Å². The Balaban J connectivity index is 2.46. The van der Waals surface area contributed by atoms with Crippen molar-refractivity contribution >= 4 is 0 Å². The molecule has 0 spiro atoms. The molecular weight excluding hydrogens is 188 g/mol. The minimum absolute atomic E-state index is 0.0177. The van der Waals surface area contributed by atoms with E-state index in [2.05, 4.69) is 17.5 Å². The first-order chi connectivity index (χ1) is 7.17. The first-order valence-corrected chi connectivity index (χ1v) is 4.83. The molecule has 0 aliphatic carbocycles. The van der Waals surface area contributed by atoms with Crippen molar-refractivity contribution in [2.45, 2.75) is 13.5 Å². The van der Waals surface area contributed by atoms with Crippen LogP contribution in [0.5, 0.6) is 0 Å². The molecular formula is C11H14N4. The van der Waals surface area contributed by atoms with Gasteiger partial charge in [-0.25, -0.2) is 0 Å². The molecule has 78 valence electrons. The van der Waals surface area contributed by atoms with Gasteiger partial charge in [-0.2, -0.15) is 10.5 Å². The summed E-state index contributed by atoms with van der Waals surface area (Å²) in [7, 11) is 1.85. The lowest BCUT2D eigenvalue weighted by Gasteiger charge is -2.03. The van der Waals surface area contributed by atoms with E-state index in [1.165, 1.54) is 0 Å². The smallest absolute Gasteiger partial charge is 0.120 e. The van der Waals surface area contributed by atoms with Gasteiger partial charge in [0.15, 0.2) is 0 Å². The van der Waals surface area contributed by atoms with Crippen LogP contribution in [-0.2, 0) is 13.6 Å². The molecule has 1 rings (SSSR count). The third kappa shape index (κ3) is 3.12. The Kier molecular flexibility index (Phi) is 3.91. The van der Waals surface area contributed by atoms with Gasteiger partial charge in [-0.1, -0.05) is 0 Å². The standard InChI is InChI=1S/C11H14N4/c1-9(4-12)6-14-7-10-3-11(5-13)15(2)8-10/h3,8-9,14H,6-7H2,1-2H3. The average molecular weight is 202 g/mol. The van der Waals surface area contributed by atoms with E-state index < -0.39 is 0 Å². The van der Waals surface area contributed by atoms with Crippen LogP contribution in [0.2, 0.25) is 0 Å². The van der Waals surface area contributed by atoms with Crippen molar-refractivity contribution in [1.82, 2.24) is 9.88 Å². The third-order valence-electron chi connectivity index (χ3n) is 2.18. The summed E-state index contributed by atoms with van der Waals surface area (Å²) < 4.78 is 1.80. The zero-order valence-corrected chi connectivity index (χ0v) is 8.99. The van der Waals surface area contributed by atoms with E-state index >= 15 is 0 Å². The lowest BCUT2D eigenvalue weighted by Crippen LogP contribution is -2.19. The topological polar surface area (TPSA) is 64.5 Å². The summed E-state index contributed by atoms with van der Waals surface area (Å²) >= 11 is 0. The first kappa shape index (κ1) is 11.3. The zero-order valence-electron chi connectivity index (χ0n) is 8.99. The van der Waals surface area contributed by atoms with Crippen LogP contribution >= 0.6 is 0 Å². The highest BCUT2D eigenvalue weighted by Gasteiger charge is 2.03. The number of rotatable bonds is 4. The summed E-state index contributed by atoms with van der Waals surface area (Å²) in [4.78, 5) is 0. The fourth-order valence-corrected chi connectivity index (χ4v) is 1.32. The monoisotopic (exact) mass is 202 g/mol. The molecule has 0 radical (unpaired) electrons. The minimum atomic E-state index is 0.0177. The van der Waals surface area contributed by atoms with Gasteiger partial charge in [0.2, 0.25) is 0 Å². The molecule has 1 unspecified atom stereocenters. The highest BCUT2D eigenvalue weighted by atomic mass is 14.9. The fraction of sp³-hybridized carbons (Fsp3) is 0.455. The van der Waals surface area contributed by atoms with Crippen LogP contribution in [0, 0.1) is 28.6 Å². The van der Waals surface area contributed by atoms with Gasteiger partial charge in [-0.3, -0.25) is 0 Å². The molecule has 0 aromatic carbocycles. The number of nitrogens with one attached hydrogen (secondary N) is 1. The molecule has 0 saturated carbocycles. The first-order valence-electron chi connectivity index (χ1n) is 4.83. The number of nitrogens with zero attached hydrogens (tertiary/aromatic N) is 3. The second-order valence-corrected chi connectivity index (χ2v) is 3.62. The molecule has 0 amide bonds. The summed E-state index contributed by atoms with van der Waals surface area (Å²) in [5, 5.41) is 20.5. The molecule has 1 aromatic heterocycles. The molecule has 1 aromatic rings. The predicted molar refractivity (Wildman–Crippen MR) is 56.6 cm³/mol. The lowest BCUT2D eigenvalue weighted by molar-refractivity contribution is 0.601. The molecule has 1 heterocycles. The van der Waals surface area contributed by atoms with Crippen LogP contribution in [0.1, 0.15) is 18.2 Å². The largest absolute Gasteiger partial charge is 0.342 e. The second-order valence-electron chi connectivity index (χ2n) is 3.62. The summed E-state index contributed by atoms with van der Waals surface area (Å²) in [6, 6.07) is 6.12. The lowest BCUT2D eigenvalue weighted by atomic mass is 10.2. The van der Waals surface area contributed by atoms with Gasteiger partial charge < -0.3 is 9.88 Å². The molecule has 0 bridgehead atoms. The van der Waals surface area contributed by atoms with Gasteiger partial charge >= 0.3 is 0 Å². The summed E-state index contributed by atoms with van der Waals surface area (Å²) in [5.41, 5.74) is 1.72. The van der Waals surface area contributed by atoms with Crippen LogP contribution in [0.15, 0.2) is 12.3 Å². The van der Waals surface area contributed by atoms with Crippen molar-refractivity contribution in [3.05, 3.63) is 23.5 Å². The van der Waals surface area contributed by atoms with E-state index in [4.69, 9.17) is 10.5 Å². The molecule has 1 N–H and O–H groups in total. The average Bonchev–Trinajstić information content (AvgIpc) is 2.58.